The first-order valence-corrected chi connectivity index (χ1v) is 12.9. The molecule has 2 rings (SSSR count). The molecule has 1 saturated heterocycles. The molecule has 0 radical (unpaired) electrons. The van der Waals surface area contributed by atoms with Crippen molar-refractivity contribution in [2.24, 2.45) is 23.0 Å². The maximum Gasteiger partial charge on any atom is 0.0368 e. The van der Waals surface area contributed by atoms with Gasteiger partial charge in [-0.1, -0.05) is 60.6 Å². The maximum absolute atomic E-state index is 6.39. The van der Waals surface area contributed by atoms with Gasteiger partial charge in [0, 0.05) is 44.0 Å². The van der Waals surface area contributed by atoms with Crippen LogP contribution in [0.5, 0.6) is 0 Å². The Morgan fingerprint density at radius 3 is 2.13 bits per heavy atom. The van der Waals surface area contributed by atoms with Gasteiger partial charge in [-0.2, -0.15) is 0 Å². The molecule has 0 aliphatic carbocycles. The van der Waals surface area contributed by atoms with Crippen LogP contribution in [0.4, 0.5) is 5.69 Å². The van der Waals surface area contributed by atoms with Crippen molar-refractivity contribution in [3.63, 3.8) is 0 Å². The number of nitrogens with two attached hydrogens (primary N) is 1. The second-order valence-corrected chi connectivity index (χ2v) is 12.0. The Kier molecular flexibility index (Phi) is 10.4. The zero-order valence-corrected chi connectivity index (χ0v) is 21.7. The molecule has 178 valence electrons. The van der Waals surface area contributed by atoms with Crippen LogP contribution in [0.3, 0.4) is 0 Å². The molecule has 0 aromatic heterocycles. The van der Waals surface area contributed by atoms with Gasteiger partial charge in [0.2, 0.25) is 0 Å². The Morgan fingerprint density at radius 2 is 1.61 bits per heavy atom. The van der Waals surface area contributed by atoms with Crippen LogP contribution >= 0.6 is 0 Å². The average Bonchev–Trinajstić information content (AvgIpc) is 2.67. The molecule has 2 N–H and O–H groups in total. The molecular weight excluding hydrogens is 378 g/mol. The van der Waals surface area contributed by atoms with E-state index in [1.165, 1.54) is 56.4 Å². The van der Waals surface area contributed by atoms with Gasteiger partial charge in [-0.25, -0.2) is 0 Å². The molecule has 1 aliphatic heterocycles. The molecule has 0 spiro atoms. The minimum Gasteiger partial charge on any atom is -0.368 e. The molecule has 0 bridgehead atoms. The molecule has 0 unspecified atom stereocenters. The van der Waals surface area contributed by atoms with Crippen molar-refractivity contribution in [2.45, 2.75) is 99.1 Å². The standard InChI is InChI=1S/C28H51N3/c1-22(2)13-19-31(26-10-8-24(9-11-26)12-16-28(5,6)7)27-14-17-30(18-15-27)21-25(29)20-23(3)4/h8-11,22-23,25,27H,12-21,29H2,1-7H3/t25-/m1/s1. The van der Waals surface area contributed by atoms with Gasteiger partial charge in [0.05, 0.1) is 0 Å². The molecule has 1 aromatic rings. The molecule has 0 amide bonds. The number of aryl methyl sites for hydroxylation is 1. The number of benzene rings is 1. The Labute approximate surface area is 193 Å². The molecule has 31 heavy (non-hydrogen) atoms. The van der Waals surface area contributed by atoms with Crippen LogP contribution in [-0.4, -0.2) is 43.2 Å². The summed E-state index contributed by atoms with van der Waals surface area (Å²) in [7, 11) is 0. The summed E-state index contributed by atoms with van der Waals surface area (Å²) in [6.07, 6.45) is 7.29. The fraction of sp³-hybridized carbons (Fsp3) is 0.786. The molecule has 0 saturated carbocycles. The lowest BCUT2D eigenvalue weighted by molar-refractivity contribution is 0.191. The Hall–Kier alpha value is -1.06. The lowest BCUT2D eigenvalue weighted by Gasteiger charge is -2.41. The van der Waals surface area contributed by atoms with Crippen LogP contribution in [0.1, 0.15) is 86.1 Å². The second-order valence-electron chi connectivity index (χ2n) is 12.0. The smallest absolute Gasteiger partial charge is 0.0368 e. The third kappa shape index (κ3) is 9.95. The Morgan fingerprint density at radius 1 is 1.00 bits per heavy atom. The summed E-state index contributed by atoms with van der Waals surface area (Å²) in [6, 6.07) is 10.4. The number of piperidine rings is 1. The van der Waals surface area contributed by atoms with E-state index in [1.54, 1.807) is 0 Å². The fourth-order valence-electron chi connectivity index (χ4n) is 4.72. The topological polar surface area (TPSA) is 32.5 Å². The highest BCUT2D eigenvalue weighted by Gasteiger charge is 2.26. The molecular formula is C28H51N3. The lowest BCUT2D eigenvalue weighted by atomic mass is 9.88. The van der Waals surface area contributed by atoms with Gasteiger partial charge < -0.3 is 15.5 Å². The molecule has 1 fully saturated rings. The van der Waals surface area contributed by atoms with E-state index in [4.69, 9.17) is 5.73 Å². The summed E-state index contributed by atoms with van der Waals surface area (Å²) < 4.78 is 0. The number of anilines is 1. The fourth-order valence-corrected chi connectivity index (χ4v) is 4.72. The summed E-state index contributed by atoms with van der Waals surface area (Å²) in [5.74, 6) is 1.42. The number of hydrogen-bond acceptors (Lipinski definition) is 3. The highest BCUT2D eigenvalue weighted by molar-refractivity contribution is 5.49. The van der Waals surface area contributed by atoms with E-state index in [2.05, 4.69) is 82.5 Å². The van der Waals surface area contributed by atoms with Gasteiger partial charge in [0.1, 0.15) is 0 Å². The van der Waals surface area contributed by atoms with E-state index in [-0.39, 0.29) is 0 Å². The van der Waals surface area contributed by atoms with Crippen molar-refractivity contribution in [3.05, 3.63) is 29.8 Å². The van der Waals surface area contributed by atoms with E-state index >= 15 is 0 Å². The third-order valence-electron chi connectivity index (χ3n) is 6.64. The van der Waals surface area contributed by atoms with Crippen molar-refractivity contribution >= 4 is 5.69 Å². The number of hydrogen-bond donors (Lipinski definition) is 1. The third-order valence-corrected chi connectivity index (χ3v) is 6.64. The largest absolute Gasteiger partial charge is 0.368 e. The predicted octanol–water partition coefficient (Wildman–Crippen LogP) is 6.36. The summed E-state index contributed by atoms with van der Waals surface area (Å²) in [5.41, 5.74) is 9.66. The van der Waals surface area contributed by atoms with Crippen molar-refractivity contribution in [1.29, 1.82) is 0 Å². The first kappa shape index (κ1) is 26.2. The normalized spacial score (nSPS) is 17.5. The number of nitrogens with zero attached hydrogens (tertiary/aromatic N) is 2. The highest BCUT2D eigenvalue weighted by Crippen LogP contribution is 2.27. The zero-order valence-electron chi connectivity index (χ0n) is 21.7. The molecule has 3 nitrogen and oxygen atoms in total. The van der Waals surface area contributed by atoms with Crippen LogP contribution < -0.4 is 10.6 Å². The predicted molar refractivity (Wildman–Crippen MR) is 138 cm³/mol. The monoisotopic (exact) mass is 429 g/mol. The van der Waals surface area contributed by atoms with Gasteiger partial charge in [-0.05, 0) is 73.5 Å². The van der Waals surface area contributed by atoms with E-state index in [1.807, 2.05) is 0 Å². The average molecular weight is 430 g/mol. The second kappa shape index (κ2) is 12.3. The first-order chi connectivity index (χ1) is 14.5. The van der Waals surface area contributed by atoms with Crippen molar-refractivity contribution in [1.82, 2.24) is 4.90 Å². The minimum atomic E-state index is 0.314. The van der Waals surface area contributed by atoms with Crippen LogP contribution in [0.2, 0.25) is 0 Å². The van der Waals surface area contributed by atoms with E-state index < -0.39 is 0 Å². The number of likely N-dealkylation sites (tertiary alicyclic amines) is 1. The van der Waals surface area contributed by atoms with Gasteiger partial charge in [0.25, 0.3) is 0 Å². The Bertz CT molecular complexity index is 606. The van der Waals surface area contributed by atoms with E-state index in [0.29, 0.717) is 23.4 Å². The first-order valence-electron chi connectivity index (χ1n) is 12.9. The Balaban J connectivity index is 1.97. The van der Waals surface area contributed by atoms with Gasteiger partial charge in [-0.3, -0.25) is 0 Å². The van der Waals surface area contributed by atoms with Crippen LogP contribution in [0.15, 0.2) is 24.3 Å². The van der Waals surface area contributed by atoms with Gasteiger partial charge in [-0.15, -0.1) is 0 Å². The van der Waals surface area contributed by atoms with Crippen LogP contribution in [0, 0.1) is 17.3 Å². The summed E-state index contributed by atoms with van der Waals surface area (Å²) in [5, 5.41) is 0. The van der Waals surface area contributed by atoms with Gasteiger partial charge >= 0.3 is 0 Å². The van der Waals surface area contributed by atoms with E-state index in [9.17, 15) is 0 Å². The summed E-state index contributed by atoms with van der Waals surface area (Å²) >= 11 is 0. The van der Waals surface area contributed by atoms with Crippen molar-refractivity contribution in [2.75, 3.05) is 31.1 Å². The molecule has 1 heterocycles. The summed E-state index contributed by atoms with van der Waals surface area (Å²) in [6.45, 7) is 20.8. The van der Waals surface area contributed by atoms with Crippen LogP contribution in [0.25, 0.3) is 0 Å². The minimum absolute atomic E-state index is 0.314. The summed E-state index contributed by atoms with van der Waals surface area (Å²) in [4.78, 5) is 5.30. The highest BCUT2D eigenvalue weighted by atomic mass is 15.2. The molecule has 3 heteroatoms. The SMILES string of the molecule is CC(C)CCN(c1ccc(CCC(C)(C)C)cc1)C1CCN(C[C@H](N)CC(C)C)CC1. The molecule has 1 aromatic carbocycles. The van der Waals surface area contributed by atoms with Crippen LogP contribution in [-0.2, 0) is 6.42 Å². The van der Waals surface area contributed by atoms with E-state index in [0.717, 1.165) is 25.4 Å². The molecule has 1 atom stereocenters. The number of rotatable bonds is 11. The maximum atomic E-state index is 6.39. The molecule has 1 aliphatic rings. The quantitative estimate of drug-likeness (QED) is 0.444. The van der Waals surface area contributed by atoms with Gasteiger partial charge in [0.15, 0.2) is 0 Å². The zero-order chi connectivity index (χ0) is 23.0. The van der Waals surface area contributed by atoms with Crippen molar-refractivity contribution in [3.8, 4) is 0 Å². The lowest BCUT2D eigenvalue weighted by Crippen LogP contribution is -2.48. The van der Waals surface area contributed by atoms with Crippen molar-refractivity contribution < 1.29 is 0 Å².